The largest absolute Gasteiger partial charge is 0.334 e. The van der Waals surface area contributed by atoms with Crippen LogP contribution in [0.2, 0.25) is 0 Å². The van der Waals surface area contributed by atoms with E-state index in [-0.39, 0.29) is 11.9 Å². The van der Waals surface area contributed by atoms with Crippen molar-refractivity contribution in [3.8, 4) is 0 Å². The summed E-state index contributed by atoms with van der Waals surface area (Å²) in [6, 6.07) is 6.33. The maximum Gasteiger partial charge on any atom is 0.126 e. The van der Waals surface area contributed by atoms with Gasteiger partial charge < -0.3 is 10.3 Å². The summed E-state index contributed by atoms with van der Waals surface area (Å²) in [4.78, 5) is 5.29. The van der Waals surface area contributed by atoms with Crippen molar-refractivity contribution in [2.75, 3.05) is 5.75 Å². The zero-order valence-corrected chi connectivity index (χ0v) is 11.0. The number of halogens is 1. The first-order valence-corrected chi connectivity index (χ1v) is 6.84. The summed E-state index contributed by atoms with van der Waals surface area (Å²) in [6.07, 6.45) is 3.69. The number of benzene rings is 1. The van der Waals surface area contributed by atoms with E-state index < -0.39 is 0 Å². The number of aromatic nitrogens is 2. The molecule has 0 aliphatic carbocycles. The molecule has 2 rings (SSSR count). The Bertz CT molecular complexity index is 495. The highest BCUT2D eigenvalue weighted by atomic mass is 32.2. The van der Waals surface area contributed by atoms with Crippen LogP contribution in [0.1, 0.15) is 18.8 Å². The van der Waals surface area contributed by atoms with Crippen molar-refractivity contribution in [1.82, 2.24) is 9.55 Å². The van der Waals surface area contributed by atoms with Gasteiger partial charge in [-0.25, -0.2) is 9.37 Å². The number of aryl methyl sites for hydroxylation is 1. The molecule has 1 aromatic heterocycles. The van der Waals surface area contributed by atoms with Crippen LogP contribution in [0.4, 0.5) is 4.39 Å². The number of hydrogen-bond acceptors (Lipinski definition) is 3. The summed E-state index contributed by atoms with van der Waals surface area (Å²) >= 11 is 1.61. The van der Waals surface area contributed by atoms with Gasteiger partial charge in [0.05, 0.1) is 6.04 Å². The van der Waals surface area contributed by atoms with Crippen LogP contribution < -0.4 is 5.73 Å². The maximum atomic E-state index is 12.8. The molecule has 0 spiro atoms. The number of nitrogens with two attached hydrogens (primary N) is 1. The summed E-state index contributed by atoms with van der Waals surface area (Å²) in [7, 11) is 0. The molecule has 1 unspecified atom stereocenters. The van der Waals surface area contributed by atoms with Crippen LogP contribution in [0.25, 0.3) is 0 Å². The Labute approximate surface area is 110 Å². The first-order chi connectivity index (χ1) is 8.70. The predicted molar refractivity (Wildman–Crippen MR) is 72.0 cm³/mol. The molecule has 1 atom stereocenters. The summed E-state index contributed by atoms with van der Waals surface area (Å²) in [5.41, 5.74) is 6.12. The zero-order chi connectivity index (χ0) is 13.0. The second kappa shape index (κ2) is 6.02. The average Bonchev–Trinajstić information content (AvgIpc) is 2.86. The van der Waals surface area contributed by atoms with Crippen LogP contribution in [0.5, 0.6) is 0 Å². The fourth-order valence-corrected chi connectivity index (χ4v) is 2.56. The summed E-state index contributed by atoms with van der Waals surface area (Å²) in [6.45, 7) is 2.93. The van der Waals surface area contributed by atoms with Crippen LogP contribution in [-0.4, -0.2) is 15.3 Å². The van der Waals surface area contributed by atoms with Gasteiger partial charge in [0.15, 0.2) is 0 Å². The third-order valence-corrected chi connectivity index (χ3v) is 3.79. The van der Waals surface area contributed by atoms with E-state index in [4.69, 9.17) is 5.73 Å². The lowest BCUT2D eigenvalue weighted by Gasteiger charge is -2.12. The van der Waals surface area contributed by atoms with E-state index in [0.717, 1.165) is 23.0 Å². The quantitative estimate of drug-likeness (QED) is 0.845. The average molecular weight is 265 g/mol. The van der Waals surface area contributed by atoms with Gasteiger partial charge in [0.2, 0.25) is 0 Å². The molecule has 0 radical (unpaired) electrons. The Morgan fingerprint density at radius 1 is 1.39 bits per heavy atom. The molecule has 0 saturated carbocycles. The van der Waals surface area contributed by atoms with Gasteiger partial charge >= 0.3 is 0 Å². The van der Waals surface area contributed by atoms with E-state index in [1.807, 2.05) is 10.8 Å². The lowest BCUT2D eigenvalue weighted by Crippen LogP contribution is -2.18. The summed E-state index contributed by atoms with van der Waals surface area (Å²) in [5, 5.41) is 0. The second-order valence-corrected chi connectivity index (χ2v) is 5.04. The van der Waals surface area contributed by atoms with Crippen LogP contribution in [-0.2, 0) is 6.54 Å². The smallest absolute Gasteiger partial charge is 0.126 e. The van der Waals surface area contributed by atoms with Crippen LogP contribution >= 0.6 is 11.8 Å². The van der Waals surface area contributed by atoms with Gasteiger partial charge in [-0.3, -0.25) is 0 Å². The molecular weight excluding hydrogens is 249 g/mol. The topological polar surface area (TPSA) is 43.8 Å². The van der Waals surface area contributed by atoms with Gasteiger partial charge in [0.1, 0.15) is 11.6 Å². The molecule has 2 N–H and O–H groups in total. The molecule has 0 aliphatic rings. The van der Waals surface area contributed by atoms with E-state index in [1.54, 1.807) is 30.1 Å². The number of imidazole rings is 1. The predicted octanol–water partition coefficient (Wildman–Crippen LogP) is 2.83. The van der Waals surface area contributed by atoms with Crippen molar-refractivity contribution in [3.63, 3.8) is 0 Å². The Balaban J connectivity index is 1.96. The Hall–Kier alpha value is -1.33. The van der Waals surface area contributed by atoms with E-state index in [9.17, 15) is 4.39 Å². The number of hydrogen-bond donors (Lipinski definition) is 1. The van der Waals surface area contributed by atoms with E-state index in [2.05, 4.69) is 11.9 Å². The van der Waals surface area contributed by atoms with Crippen molar-refractivity contribution in [2.45, 2.75) is 24.4 Å². The van der Waals surface area contributed by atoms with Crippen molar-refractivity contribution < 1.29 is 4.39 Å². The molecular formula is C13H16FN3S. The first-order valence-electron chi connectivity index (χ1n) is 5.85. The molecule has 0 amide bonds. The lowest BCUT2D eigenvalue weighted by molar-refractivity contribution is 0.626. The molecule has 2 aromatic rings. The molecule has 18 heavy (non-hydrogen) atoms. The molecule has 96 valence electrons. The minimum atomic E-state index is -0.217. The minimum absolute atomic E-state index is 0.116. The summed E-state index contributed by atoms with van der Waals surface area (Å²) < 4.78 is 14.8. The van der Waals surface area contributed by atoms with Gasteiger partial charge in [-0.15, -0.1) is 11.8 Å². The highest BCUT2D eigenvalue weighted by Crippen LogP contribution is 2.23. The molecule has 1 aromatic carbocycles. The third kappa shape index (κ3) is 3.11. The van der Waals surface area contributed by atoms with Crippen LogP contribution in [0.3, 0.4) is 0 Å². The maximum absolute atomic E-state index is 12.8. The van der Waals surface area contributed by atoms with Gasteiger partial charge in [0.25, 0.3) is 0 Å². The van der Waals surface area contributed by atoms with Crippen molar-refractivity contribution in [3.05, 3.63) is 48.3 Å². The van der Waals surface area contributed by atoms with Crippen molar-refractivity contribution >= 4 is 11.8 Å². The van der Waals surface area contributed by atoms with Gasteiger partial charge in [0, 0.05) is 29.6 Å². The SMILES string of the molecule is CCn1ccnc1C(N)CSc1ccc(F)cc1. The second-order valence-electron chi connectivity index (χ2n) is 3.94. The molecule has 0 aliphatic heterocycles. The van der Waals surface area contributed by atoms with Gasteiger partial charge in [-0.1, -0.05) is 0 Å². The van der Waals surface area contributed by atoms with Gasteiger partial charge in [-0.05, 0) is 31.2 Å². The Kier molecular flexibility index (Phi) is 4.38. The monoisotopic (exact) mass is 265 g/mol. The normalized spacial score (nSPS) is 12.6. The lowest BCUT2D eigenvalue weighted by atomic mass is 10.3. The number of thioether (sulfide) groups is 1. The van der Waals surface area contributed by atoms with Crippen molar-refractivity contribution in [2.24, 2.45) is 5.73 Å². The number of nitrogens with zero attached hydrogens (tertiary/aromatic N) is 2. The molecule has 0 fully saturated rings. The van der Waals surface area contributed by atoms with Crippen LogP contribution in [0, 0.1) is 5.82 Å². The summed E-state index contributed by atoms with van der Waals surface area (Å²) in [5.74, 6) is 1.40. The van der Waals surface area contributed by atoms with Crippen LogP contribution in [0.15, 0.2) is 41.6 Å². The molecule has 1 heterocycles. The fourth-order valence-electron chi connectivity index (χ4n) is 1.71. The zero-order valence-electron chi connectivity index (χ0n) is 10.2. The number of rotatable bonds is 5. The molecule has 3 nitrogen and oxygen atoms in total. The third-order valence-electron chi connectivity index (χ3n) is 2.66. The highest BCUT2D eigenvalue weighted by molar-refractivity contribution is 7.99. The van der Waals surface area contributed by atoms with E-state index in [0.29, 0.717) is 0 Å². The fraction of sp³-hybridized carbons (Fsp3) is 0.308. The highest BCUT2D eigenvalue weighted by Gasteiger charge is 2.12. The minimum Gasteiger partial charge on any atom is -0.334 e. The van der Waals surface area contributed by atoms with Gasteiger partial charge in [-0.2, -0.15) is 0 Å². The first kappa shape index (κ1) is 13.1. The van der Waals surface area contributed by atoms with E-state index >= 15 is 0 Å². The standard InChI is InChI=1S/C13H16FN3S/c1-2-17-8-7-16-13(17)12(15)9-18-11-5-3-10(14)4-6-11/h3-8,12H,2,9,15H2,1H3. The Morgan fingerprint density at radius 3 is 2.78 bits per heavy atom. The molecule has 0 bridgehead atoms. The molecule has 0 saturated heterocycles. The van der Waals surface area contributed by atoms with Crippen molar-refractivity contribution in [1.29, 1.82) is 0 Å². The van der Waals surface area contributed by atoms with E-state index in [1.165, 1.54) is 12.1 Å². The Morgan fingerprint density at radius 2 is 2.11 bits per heavy atom. The molecule has 5 heteroatoms.